The fourth-order valence-corrected chi connectivity index (χ4v) is 7.34. The maximum Gasteiger partial charge on any atom is 0.171 e. The molecule has 11 nitrogen and oxygen atoms in total. The van der Waals surface area contributed by atoms with Crippen molar-refractivity contribution in [1.29, 1.82) is 0 Å². The molecule has 1 atom stereocenters. The fraction of sp³-hybridized carbons (Fsp3) is 0.388. The summed E-state index contributed by atoms with van der Waals surface area (Å²) in [6, 6.07) is 18.8. The normalized spacial score (nSPS) is 15.3. The Morgan fingerprint density at radius 3 is 2.13 bits per heavy atom. The molecule has 61 heavy (non-hydrogen) atoms. The molecular formula is C49H58ClNO10. The third-order valence-electron chi connectivity index (χ3n) is 10.4. The van der Waals surface area contributed by atoms with Crippen molar-refractivity contribution in [3.05, 3.63) is 106 Å². The van der Waals surface area contributed by atoms with Gasteiger partial charge in [0.05, 0.1) is 56.5 Å². The highest BCUT2D eigenvalue weighted by molar-refractivity contribution is 6.01. The van der Waals surface area contributed by atoms with Crippen LogP contribution in [0.2, 0.25) is 0 Å². The quantitative estimate of drug-likeness (QED) is 0.103. The van der Waals surface area contributed by atoms with E-state index in [0.29, 0.717) is 67.6 Å². The molecule has 4 aromatic carbocycles. The number of carbonyl (C=O) groups excluding carboxylic acids is 1. The molecule has 2 aliphatic rings. The van der Waals surface area contributed by atoms with Crippen molar-refractivity contribution < 1.29 is 48.2 Å². The number of aromatic nitrogens is 1. The number of ketones is 1. The Morgan fingerprint density at radius 2 is 1.46 bits per heavy atom. The Labute approximate surface area is 365 Å². The van der Waals surface area contributed by atoms with Gasteiger partial charge in [-0.3, -0.25) is 9.78 Å². The van der Waals surface area contributed by atoms with Gasteiger partial charge in [0.25, 0.3) is 0 Å². The van der Waals surface area contributed by atoms with Crippen LogP contribution in [-0.4, -0.2) is 71.8 Å². The van der Waals surface area contributed by atoms with Crippen LogP contribution in [0.25, 0.3) is 16.8 Å². The number of pyridine rings is 1. The number of aliphatic hydroxyl groups is 1. The molecule has 5 aromatic rings. The summed E-state index contributed by atoms with van der Waals surface area (Å²) in [5.74, 6) is 4.42. The second-order valence-electron chi connectivity index (χ2n) is 15.7. The van der Waals surface area contributed by atoms with Crippen LogP contribution in [0.15, 0.2) is 72.9 Å². The van der Waals surface area contributed by atoms with Gasteiger partial charge in [0.2, 0.25) is 0 Å². The van der Waals surface area contributed by atoms with Crippen molar-refractivity contribution in [3.8, 4) is 46.0 Å². The van der Waals surface area contributed by atoms with E-state index in [9.17, 15) is 15.0 Å². The summed E-state index contributed by atoms with van der Waals surface area (Å²) in [5, 5.41) is 23.0. The molecule has 3 heterocycles. The molecule has 0 saturated carbocycles. The second-order valence-corrected chi connectivity index (χ2v) is 15.7. The van der Waals surface area contributed by atoms with E-state index in [-0.39, 0.29) is 35.9 Å². The average Bonchev–Trinajstić information content (AvgIpc) is 3.20. The zero-order chi connectivity index (χ0) is 43.2. The number of fused-ring (bicyclic) bond motifs is 3. The van der Waals surface area contributed by atoms with E-state index in [4.69, 9.17) is 33.2 Å². The molecule has 0 aliphatic carbocycles. The summed E-state index contributed by atoms with van der Waals surface area (Å²) in [7, 11) is 1.56. The number of benzene rings is 4. The largest absolute Gasteiger partial charge is 0.507 e. The number of ether oxygens (including phenoxy) is 7. The predicted octanol–water partition coefficient (Wildman–Crippen LogP) is 9.93. The molecule has 326 valence electrons. The zero-order valence-corrected chi connectivity index (χ0v) is 37.4. The van der Waals surface area contributed by atoms with E-state index in [1.54, 1.807) is 27.0 Å². The van der Waals surface area contributed by atoms with Gasteiger partial charge in [-0.05, 0) is 127 Å². The number of methoxy groups -OCH3 is 1. The molecule has 0 radical (unpaired) electrons. The number of hydrogen-bond acceptors (Lipinski definition) is 11. The van der Waals surface area contributed by atoms with Crippen molar-refractivity contribution in [2.75, 3.05) is 33.5 Å². The SMILES string of the molecule is CCOc1ccc(Cc2nccc3cc(OCC)c(OCC)cc23)cc1OCC.COc1c(CC(=O)c2cc3c(cc2O)OC(C)(C)C(O)C3)ccc2c1C=CC(C)(C)O2.Cl. The van der Waals surface area contributed by atoms with Gasteiger partial charge in [-0.1, -0.05) is 12.1 Å². The number of nitrogens with zero attached hydrogens (tertiary/aromatic N) is 1. The van der Waals surface area contributed by atoms with Crippen LogP contribution >= 0.6 is 12.4 Å². The third-order valence-corrected chi connectivity index (χ3v) is 10.4. The summed E-state index contributed by atoms with van der Waals surface area (Å²) < 4.78 is 40.4. The Balaban J connectivity index is 0.000000228. The van der Waals surface area contributed by atoms with Crippen molar-refractivity contribution in [3.63, 3.8) is 0 Å². The molecule has 1 unspecified atom stereocenters. The monoisotopic (exact) mass is 855 g/mol. The number of phenols is 1. The van der Waals surface area contributed by atoms with Gasteiger partial charge in [-0.15, -0.1) is 12.4 Å². The van der Waals surface area contributed by atoms with E-state index in [1.165, 1.54) is 6.07 Å². The summed E-state index contributed by atoms with van der Waals surface area (Å²) >= 11 is 0. The van der Waals surface area contributed by atoms with Crippen LogP contribution < -0.4 is 33.2 Å². The molecule has 0 amide bonds. The lowest BCUT2D eigenvalue weighted by Crippen LogP contribution is -2.46. The summed E-state index contributed by atoms with van der Waals surface area (Å²) in [6.45, 7) is 17.8. The number of Topliss-reactive ketones (excluding diaryl/α,β-unsaturated/α-hetero) is 1. The van der Waals surface area contributed by atoms with E-state index in [0.717, 1.165) is 50.6 Å². The Kier molecular flexibility index (Phi) is 15.1. The molecule has 1 aromatic heterocycles. The van der Waals surface area contributed by atoms with Gasteiger partial charge in [0.1, 0.15) is 34.2 Å². The maximum atomic E-state index is 13.1. The minimum Gasteiger partial charge on any atom is -0.507 e. The highest BCUT2D eigenvalue weighted by Crippen LogP contribution is 2.41. The van der Waals surface area contributed by atoms with Gasteiger partial charge in [-0.2, -0.15) is 0 Å². The first kappa shape index (κ1) is 46.4. The topological polar surface area (TPSA) is 135 Å². The average molecular weight is 856 g/mol. The minimum atomic E-state index is -0.758. The third kappa shape index (κ3) is 10.6. The Morgan fingerprint density at radius 1 is 0.803 bits per heavy atom. The van der Waals surface area contributed by atoms with Crippen molar-refractivity contribution in [1.82, 2.24) is 4.98 Å². The number of phenolic OH excluding ortho intramolecular Hbond substituents is 1. The van der Waals surface area contributed by atoms with Crippen molar-refractivity contribution in [2.24, 2.45) is 0 Å². The predicted molar refractivity (Wildman–Crippen MR) is 240 cm³/mol. The van der Waals surface area contributed by atoms with Crippen LogP contribution in [0, 0.1) is 0 Å². The minimum absolute atomic E-state index is 0. The molecule has 0 saturated heterocycles. The first-order valence-corrected chi connectivity index (χ1v) is 20.6. The molecule has 2 aliphatic heterocycles. The van der Waals surface area contributed by atoms with E-state index in [2.05, 4.69) is 11.1 Å². The first-order chi connectivity index (χ1) is 28.7. The lowest BCUT2D eigenvalue weighted by atomic mass is 9.89. The number of halogens is 1. The highest BCUT2D eigenvalue weighted by Gasteiger charge is 2.36. The van der Waals surface area contributed by atoms with E-state index in [1.807, 2.05) is 102 Å². The standard InChI is InChI=1S/C25H28O6.C24H29NO4.ClH/c1-24(2)9-8-16-20(30-24)7-6-14(23(16)29-5)11-18(26)17-10-15-12-22(28)25(3,4)31-21(15)13-19(17)27;1-5-26-21-10-9-17(14-22(21)27-6-2)13-20-19-16-24(29-8-4)23(28-7-3)15-18(19)11-12-25-20;/h6-10,13,22,27-28H,11-12H2,1-5H3;9-12,14-16H,5-8,13H2,1-4H3;1H. The highest BCUT2D eigenvalue weighted by atomic mass is 35.5. The summed E-state index contributed by atoms with van der Waals surface area (Å²) in [5.41, 5.74) is 3.32. The van der Waals surface area contributed by atoms with Crippen LogP contribution in [-0.2, 0) is 19.3 Å². The molecule has 0 fully saturated rings. The summed E-state index contributed by atoms with van der Waals surface area (Å²) in [6.07, 6.45) is 6.12. The number of aromatic hydroxyl groups is 1. The zero-order valence-electron chi connectivity index (χ0n) is 36.5. The maximum absolute atomic E-state index is 13.1. The molecule has 12 heteroatoms. The Hall–Kier alpha value is -5.65. The van der Waals surface area contributed by atoms with Gasteiger partial charge >= 0.3 is 0 Å². The van der Waals surface area contributed by atoms with Gasteiger partial charge in [-0.25, -0.2) is 0 Å². The number of hydrogen-bond donors (Lipinski definition) is 2. The van der Waals surface area contributed by atoms with Crippen LogP contribution in [0.4, 0.5) is 0 Å². The van der Waals surface area contributed by atoms with Gasteiger partial charge in [0.15, 0.2) is 28.8 Å². The molecule has 0 bridgehead atoms. The van der Waals surface area contributed by atoms with Crippen LogP contribution in [0.1, 0.15) is 93.7 Å². The number of aliphatic hydroxyl groups excluding tert-OH is 1. The number of rotatable bonds is 14. The Bertz CT molecular complexity index is 2370. The summed E-state index contributed by atoms with van der Waals surface area (Å²) in [4.78, 5) is 17.7. The fourth-order valence-electron chi connectivity index (χ4n) is 7.34. The lowest BCUT2D eigenvalue weighted by molar-refractivity contribution is -0.0412. The van der Waals surface area contributed by atoms with E-state index < -0.39 is 17.3 Å². The molecule has 0 spiro atoms. The van der Waals surface area contributed by atoms with Crippen LogP contribution in [0.3, 0.4) is 0 Å². The van der Waals surface area contributed by atoms with Gasteiger partial charge < -0.3 is 43.4 Å². The molecule has 7 rings (SSSR count). The number of carbonyl (C=O) groups is 1. The smallest absolute Gasteiger partial charge is 0.171 e. The van der Waals surface area contributed by atoms with Crippen molar-refractivity contribution in [2.45, 2.75) is 92.0 Å². The lowest BCUT2D eigenvalue weighted by Gasteiger charge is -2.37. The van der Waals surface area contributed by atoms with E-state index >= 15 is 0 Å². The van der Waals surface area contributed by atoms with Crippen LogP contribution in [0.5, 0.6) is 46.0 Å². The second kappa shape index (κ2) is 19.8. The van der Waals surface area contributed by atoms with Gasteiger partial charge in [0, 0.05) is 42.5 Å². The molecule has 2 N–H and O–H groups in total. The first-order valence-electron chi connectivity index (χ1n) is 20.6. The molecular weight excluding hydrogens is 798 g/mol. The van der Waals surface area contributed by atoms with Crippen molar-refractivity contribution >= 4 is 35.0 Å².